The number of hydrogen-bond acceptors (Lipinski definition) is 3. The van der Waals surface area contributed by atoms with E-state index in [2.05, 4.69) is 10.6 Å². The molecule has 3 N–H and O–H groups in total. The molecule has 146 valence electrons. The number of halogens is 4. The quantitative estimate of drug-likeness (QED) is 0.677. The molecule has 0 aliphatic carbocycles. The highest BCUT2D eigenvalue weighted by Gasteiger charge is 2.30. The Morgan fingerprint density at radius 3 is 2.67 bits per heavy atom. The van der Waals surface area contributed by atoms with Gasteiger partial charge >= 0.3 is 12.2 Å². The maximum absolute atomic E-state index is 12.6. The molecule has 0 fully saturated rings. The fourth-order valence-electron chi connectivity index (χ4n) is 2.16. The summed E-state index contributed by atoms with van der Waals surface area (Å²) in [5.74, 6) is -0.0230. The van der Waals surface area contributed by atoms with Gasteiger partial charge in [-0.25, -0.2) is 4.79 Å². The minimum Gasteiger partial charge on any atom is -0.491 e. The predicted octanol–water partition coefficient (Wildman–Crippen LogP) is 4.23. The molecule has 2 rings (SSSR count). The van der Waals surface area contributed by atoms with Crippen molar-refractivity contribution in [2.24, 2.45) is 0 Å². The van der Waals surface area contributed by atoms with Crippen LogP contribution in [0.15, 0.2) is 42.5 Å². The van der Waals surface area contributed by atoms with E-state index >= 15 is 0 Å². The van der Waals surface area contributed by atoms with Crippen molar-refractivity contribution in [2.75, 3.05) is 18.5 Å². The van der Waals surface area contributed by atoms with Crippen molar-refractivity contribution in [1.29, 1.82) is 0 Å². The Morgan fingerprint density at radius 2 is 2.00 bits per heavy atom. The third kappa shape index (κ3) is 6.65. The maximum atomic E-state index is 12.6. The molecular formula is C18H18ClF3N2O3. The third-order valence-corrected chi connectivity index (χ3v) is 3.77. The number of hydrogen-bond donors (Lipinski definition) is 3. The molecule has 0 heterocycles. The van der Waals surface area contributed by atoms with E-state index in [1.165, 1.54) is 12.1 Å². The molecular weight excluding hydrogens is 385 g/mol. The predicted molar refractivity (Wildman–Crippen MR) is 96.2 cm³/mol. The molecule has 0 saturated heterocycles. The summed E-state index contributed by atoms with van der Waals surface area (Å²) in [4.78, 5) is 11.9. The fraction of sp³-hybridized carbons (Fsp3) is 0.278. The number of alkyl halides is 3. The molecule has 0 saturated carbocycles. The highest BCUT2D eigenvalue weighted by atomic mass is 35.5. The molecule has 0 bridgehead atoms. The molecule has 9 heteroatoms. The topological polar surface area (TPSA) is 70.6 Å². The number of rotatable bonds is 6. The number of benzene rings is 2. The number of nitrogens with one attached hydrogen (secondary N) is 2. The Kier molecular flexibility index (Phi) is 6.92. The van der Waals surface area contributed by atoms with Gasteiger partial charge in [-0.2, -0.15) is 13.2 Å². The van der Waals surface area contributed by atoms with Crippen LogP contribution in [0.3, 0.4) is 0 Å². The van der Waals surface area contributed by atoms with Crippen molar-refractivity contribution in [3.63, 3.8) is 0 Å². The zero-order chi connectivity index (χ0) is 20.0. The van der Waals surface area contributed by atoms with E-state index in [1.807, 2.05) is 0 Å². The Bertz CT molecular complexity index is 800. The Hall–Kier alpha value is -2.45. The number of amides is 2. The highest BCUT2D eigenvalue weighted by molar-refractivity contribution is 6.30. The molecule has 1 unspecified atom stereocenters. The molecule has 5 nitrogen and oxygen atoms in total. The summed E-state index contributed by atoms with van der Waals surface area (Å²) < 4.78 is 43.1. The van der Waals surface area contributed by atoms with Crippen LogP contribution in [0, 0.1) is 6.92 Å². The monoisotopic (exact) mass is 402 g/mol. The molecule has 27 heavy (non-hydrogen) atoms. The van der Waals surface area contributed by atoms with Crippen molar-refractivity contribution in [1.82, 2.24) is 5.32 Å². The first-order chi connectivity index (χ1) is 12.6. The maximum Gasteiger partial charge on any atom is 0.416 e. The summed E-state index contributed by atoms with van der Waals surface area (Å²) in [6.07, 6.45) is -5.58. The lowest BCUT2D eigenvalue weighted by Crippen LogP contribution is -2.37. The van der Waals surface area contributed by atoms with Gasteiger partial charge in [-0.1, -0.05) is 17.7 Å². The average Bonchev–Trinajstić information content (AvgIpc) is 2.60. The van der Waals surface area contributed by atoms with Gasteiger partial charge in [-0.15, -0.1) is 0 Å². The van der Waals surface area contributed by atoms with Crippen LogP contribution in [0.5, 0.6) is 5.75 Å². The van der Waals surface area contributed by atoms with Gasteiger partial charge in [0.25, 0.3) is 0 Å². The van der Waals surface area contributed by atoms with Crippen molar-refractivity contribution in [3.05, 3.63) is 58.6 Å². The number of urea groups is 1. The van der Waals surface area contributed by atoms with E-state index in [1.54, 1.807) is 25.1 Å². The van der Waals surface area contributed by atoms with Gasteiger partial charge in [0.15, 0.2) is 0 Å². The van der Waals surface area contributed by atoms with Crippen LogP contribution in [-0.4, -0.2) is 30.4 Å². The summed E-state index contributed by atoms with van der Waals surface area (Å²) in [6, 6.07) is 8.75. The van der Waals surface area contributed by atoms with E-state index in [9.17, 15) is 23.1 Å². The molecule has 0 aliphatic heterocycles. The summed E-state index contributed by atoms with van der Waals surface area (Å²) in [5.41, 5.74) is 0.489. The van der Waals surface area contributed by atoms with Crippen LogP contribution in [-0.2, 0) is 6.18 Å². The second-order valence-electron chi connectivity index (χ2n) is 5.78. The second-order valence-corrected chi connectivity index (χ2v) is 6.22. The zero-order valence-corrected chi connectivity index (χ0v) is 15.1. The Balaban J connectivity index is 1.79. The summed E-state index contributed by atoms with van der Waals surface area (Å²) >= 11 is 5.84. The van der Waals surface area contributed by atoms with Crippen LogP contribution in [0.1, 0.15) is 11.1 Å². The molecule has 0 aliphatic rings. The zero-order valence-electron chi connectivity index (χ0n) is 14.3. The number of aliphatic hydroxyl groups excluding tert-OH is 1. The number of carbonyl (C=O) groups is 1. The average molecular weight is 403 g/mol. The lowest BCUT2D eigenvalue weighted by Gasteiger charge is -2.15. The van der Waals surface area contributed by atoms with Crippen LogP contribution < -0.4 is 15.4 Å². The summed E-state index contributed by atoms with van der Waals surface area (Å²) in [6.45, 7) is 1.36. The third-order valence-electron chi connectivity index (χ3n) is 3.54. The van der Waals surface area contributed by atoms with E-state index < -0.39 is 23.9 Å². The first-order valence-corrected chi connectivity index (χ1v) is 8.32. The number of aliphatic hydroxyl groups is 1. The standard InChI is InChI=1S/C18H18ClF3N2O3/c1-11-7-13(19)5-6-16(11)24-17(26)23-9-14(25)10-27-15-4-2-3-12(8-15)18(20,21)22/h2-8,14,25H,9-10H2,1H3,(H2,23,24,26). The molecule has 0 aromatic heterocycles. The van der Waals surface area contributed by atoms with Crippen molar-refractivity contribution >= 4 is 23.3 Å². The van der Waals surface area contributed by atoms with Crippen LogP contribution in [0.25, 0.3) is 0 Å². The van der Waals surface area contributed by atoms with Gasteiger partial charge in [0, 0.05) is 17.3 Å². The van der Waals surface area contributed by atoms with Crippen LogP contribution in [0.4, 0.5) is 23.7 Å². The molecule has 2 aromatic carbocycles. The summed E-state index contributed by atoms with van der Waals surface area (Å²) in [7, 11) is 0. The van der Waals surface area contributed by atoms with E-state index in [-0.39, 0.29) is 18.9 Å². The van der Waals surface area contributed by atoms with E-state index in [0.717, 1.165) is 17.7 Å². The molecule has 2 aromatic rings. The molecule has 0 radical (unpaired) electrons. The fourth-order valence-corrected chi connectivity index (χ4v) is 2.38. The number of anilines is 1. The number of carbonyl (C=O) groups excluding carboxylic acids is 1. The van der Waals surface area contributed by atoms with Crippen LogP contribution in [0.2, 0.25) is 5.02 Å². The van der Waals surface area contributed by atoms with Gasteiger partial charge in [0.05, 0.1) is 5.56 Å². The first-order valence-electron chi connectivity index (χ1n) is 7.94. The Morgan fingerprint density at radius 1 is 1.26 bits per heavy atom. The molecule has 0 spiro atoms. The van der Waals surface area contributed by atoms with Crippen molar-refractivity contribution in [2.45, 2.75) is 19.2 Å². The lowest BCUT2D eigenvalue weighted by atomic mass is 10.2. The SMILES string of the molecule is Cc1cc(Cl)ccc1NC(=O)NCC(O)COc1cccc(C(F)(F)F)c1. The minimum absolute atomic E-state index is 0.0230. The smallest absolute Gasteiger partial charge is 0.416 e. The van der Waals surface area contributed by atoms with Crippen LogP contribution >= 0.6 is 11.6 Å². The number of aryl methyl sites for hydroxylation is 1. The van der Waals surface area contributed by atoms with E-state index in [4.69, 9.17) is 16.3 Å². The van der Waals surface area contributed by atoms with Gasteiger partial charge < -0.3 is 20.5 Å². The van der Waals surface area contributed by atoms with Gasteiger partial charge in [0.2, 0.25) is 0 Å². The van der Waals surface area contributed by atoms with Gasteiger partial charge in [-0.05, 0) is 48.9 Å². The first kappa shape index (κ1) is 20.9. The minimum atomic E-state index is -4.47. The summed E-state index contributed by atoms with van der Waals surface area (Å²) in [5, 5.41) is 15.4. The highest BCUT2D eigenvalue weighted by Crippen LogP contribution is 2.31. The number of ether oxygens (including phenoxy) is 1. The largest absolute Gasteiger partial charge is 0.491 e. The molecule has 1 atom stereocenters. The van der Waals surface area contributed by atoms with Crippen molar-refractivity contribution in [3.8, 4) is 5.75 Å². The van der Waals surface area contributed by atoms with Gasteiger partial charge in [0.1, 0.15) is 18.5 Å². The normalized spacial score (nSPS) is 12.4. The van der Waals surface area contributed by atoms with Crippen molar-refractivity contribution < 1.29 is 27.8 Å². The lowest BCUT2D eigenvalue weighted by molar-refractivity contribution is -0.137. The van der Waals surface area contributed by atoms with E-state index in [0.29, 0.717) is 10.7 Å². The molecule has 2 amide bonds. The van der Waals surface area contributed by atoms with Gasteiger partial charge in [-0.3, -0.25) is 0 Å². The second kappa shape index (κ2) is 8.96. The Labute approximate surface area is 159 Å².